The highest BCUT2D eigenvalue weighted by molar-refractivity contribution is 5.51. The summed E-state index contributed by atoms with van der Waals surface area (Å²) in [6, 6.07) is 6.83. The summed E-state index contributed by atoms with van der Waals surface area (Å²) < 4.78 is 0. The van der Waals surface area contributed by atoms with E-state index in [1.807, 2.05) is 26.0 Å². The fourth-order valence-corrected chi connectivity index (χ4v) is 6.41. The van der Waals surface area contributed by atoms with Crippen molar-refractivity contribution in [2.45, 2.75) is 118 Å². The SMILES string of the molecule is C=C(C)C1CCC(C)=C[C@H]1c1c(C)cc(O)cc1O.C=CC.CCCCCc1cc(O)c(C2C=C(CC)CCC2)c(O)c1. The van der Waals surface area contributed by atoms with Crippen LogP contribution in [0.15, 0.2) is 72.4 Å². The Labute approximate surface area is 261 Å². The second-order valence-corrected chi connectivity index (χ2v) is 12.3. The van der Waals surface area contributed by atoms with Crippen molar-refractivity contribution >= 4 is 0 Å². The standard InChI is InChI=1S/C19H28O2.C17H22O2.C3H6/c1-3-5-6-8-15-12-17(20)19(18(21)13-15)16-10-7-9-14(4-2)11-16;1-10(2)14-6-5-11(3)7-15(14)17-12(4)8-13(18)9-16(17)19;1-3-2/h11-13,16,20-21H,3-10H2,1-2H3;7-9,14-15,18-19H,1,5-6H2,2-4H3;3H,1H2,2H3/t;14?,15-;/m.1./s1. The highest BCUT2D eigenvalue weighted by Gasteiger charge is 2.29. The monoisotopic (exact) mass is 588 g/mol. The van der Waals surface area contributed by atoms with Crippen molar-refractivity contribution in [3.63, 3.8) is 0 Å². The smallest absolute Gasteiger partial charge is 0.123 e. The second-order valence-electron chi connectivity index (χ2n) is 12.3. The van der Waals surface area contributed by atoms with Crippen LogP contribution in [0.4, 0.5) is 0 Å². The average molecular weight is 589 g/mol. The van der Waals surface area contributed by atoms with Crippen molar-refractivity contribution < 1.29 is 20.4 Å². The maximum Gasteiger partial charge on any atom is 0.123 e. The van der Waals surface area contributed by atoms with E-state index in [1.165, 1.54) is 30.1 Å². The molecule has 4 nitrogen and oxygen atoms in total. The third-order valence-electron chi connectivity index (χ3n) is 8.60. The Bertz CT molecular complexity index is 1240. The zero-order valence-electron chi connectivity index (χ0n) is 27.5. The van der Waals surface area contributed by atoms with Crippen molar-refractivity contribution in [3.8, 4) is 23.0 Å². The Hall–Kier alpha value is -3.40. The lowest BCUT2D eigenvalue weighted by Gasteiger charge is -2.32. The molecule has 0 spiro atoms. The summed E-state index contributed by atoms with van der Waals surface area (Å²) in [6.07, 6.45) is 17.2. The van der Waals surface area contributed by atoms with Crippen LogP contribution in [-0.4, -0.2) is 20.4 Å². The summed E-state index contributed by atoms with van der Waals surface area (Å²) in [7, 11) is 0. The van der Waals surface area contributed by atoms with Crippen LogP contribution in [0, 0.1) is 12.8 Å². The van der Waals surface area contributed by atoms with Gasteiger partial charge in [-0.2, -0.15) is 0 Å². The molecule has 2 aromatic rings. The van der Waals surface area contributed by atoms with E-state index in [9.17, 15) is 20.4 Å². The zero-order valence-corrected chi connectivity index (χ0v) is 27.5. The van der Waals surface area contributed by atoms with Crippen LogP contribution in [-0.2, 0) is 6.42 Å². The summed E-state index contributed by atoms with van der Waals surface area (Å²) in [5.74, 6) is 1.50. The summed E-state index contributed by atoms with van der Waals surface area (Å²) in [4.78, 5) is 0. The molecule has 0 saturated heterocycles. The van der Waals surface area contributed by atoms with E-state index in [-0.39, 0.29) is 34.8 Å². The minimum Gasteiger partial charge on any atom is -0.508 e. The second kappa shape index (κ2) is 17.7. The van der Waals surface area contributed by atoms with Crippen molar-refractivity contribution in [2.24, 2.45) is 5.92 Å². The number of hydrogen-bond acceptors (Lipinski definition) is 4. The van der Waals surface area contributed by atoms with Crippen molar-refractivity contribution in [2.75, 3.05) is 0 Å². The number of hydrogen-bond donors (Lipinski definition) is 4. The molecule has 0 saturated carbocycles. The van der Waals surface area contributed by atoms with Gasteiger partial charge in [-0.25, -0.2) is 0 Å². The summed E-state index contributed by atoms with van der Waals surface area (Å²) in [5, 5.41) is 40.4. The molecule has 3 atom stereocenters. The predicted octanol–water partition coefficient (Wildman–Crippen LogP) is 11.0. The van der Waals surface area contributed by atoms with Crippen LogP contribution in [0.25, 0.3) is 0 Å². The van der Waals surface area contributed by atoms with Crippen LogP contribution in [0.5, 0.6) is 23.0 Å². The molecule has 43 heavy (non-hydrogen) atoms. The highest BCUT2D eigenvalue weighted by atomic mass is 16.3. The van der Waals surface area contributed by atoms with Gasteiger partial charge in [0.2, 0.25) is 0 Å². The Kier molecular flexibility index (Phi) is 14.7. The number of rotatable bonds is 8. The fraction of sp³-hybridized carbons (Fsp3) is 0.487. The molecule has 2 unspecified atom stereocenters. The molecule has 2 aliphatic carbocycles. The van der Waals surface area contributed by atoms with E-state index in [4.69, 9.17) is 0 Å². The summed E-state index contributed by atoms with van der Waals surface area (Å²) in [5.41, 5.74) is 7.56. The molecule has 0 aromatic heterocycles. The van der Waals surface area contributed by atoms with E-state index in [1.54, 1.807) is 12.1 Å². The molecular weight excluding hydrogens is 532 g/mol. The number of benzene rings is 2. The maximum absolute atomic E-state index is 10.4. The molecule has 0 heterocycles. The number of unbranched alkanes of at least 4 members (excludes halogenated alkanes) is 2. The first-order valence-electron chi connectivity index (χ1n) is 16.1. The summed E-state index contributed by atoms with van der Waals surface area (Å²) in [6.45, 7) is 19.8. The Balaban J connectivity index is 0.000000276. The van der Waals surface area contributed by atoms with Crippen LogP contribution in [0.1, 0.15) is 126 Å². The fourth-order valence-electron chi connectivity index (χ4n) is 6.41. The molecule has 2 aliphatic rings. The quantitative estimate of drug-likeness (QED) is 0.183. The molecule has 0 amide bonds. The van der Waals surface area contributed by atoms with Gasteiger partial charge in [0.1, 0.15) is 23.0 Å². The average Bonchev–Trinajstić information content (AvgIpc) is 2.93. The Morgan fingerprint density at radius 2 is 1.51 bits per heavy atom. The van der Waals surface area contributed by atoms with E-state index in [0.29, 0.717) is 5.92 Å². The molecule has 4 rings (SSSR count). The van der Waals surface area contributed by atoms with E-state index in [0.717, 1.165) is 79.2 Å². The van der Waals surface area contributed by atoms with Gasteiger partial charge < -0.3 is 20.4 Å². The van der Waals surface area contributed by atoms with Gasteiger partial charge in [-0.05, 0) is 114 Å². The molecule has 4 N–H and O–H groups in total. The van der Waals surface area contributed by atoms with E-state index in [2.05, 4.69) is 53.0 Å². The predicted molar refractivity (Wildman–Crippen MR) is 182 cm³/mol. The molecule has 0 fully saturated rings. The van der Waals surface area contributed by atoms with Crippen molar-refractivity contribution in [1.29, 1.82) is 0 Å². The Morgan fingerprint density at radius 3 is 2.07 bits per heavy atom. The summed E-state index contributed by atoms with van der Waals surface area (Å²) >= 11 is 0. The number of aryl methyl sites for hydroxylation is 2. The van der Waals surface area contributed by atoms with Crippen LogP contribution in [0.3, 0.4) is 0 Å². The lowest BCUT2D eigenvalue weighted by atomic mass is 9.73. The number of aromatic hydroxyl groups is 4. The van der Waals surface area contributed by atoms with E-state index >= 15 is 0 Å². The number of phenols is 4. The number of allylic oxidation sites excluding steroid dienone is 6. The van der Waals surface area contributed by atoms with Crippen molar-refractivity contribution in [3.05, 3.63) is 94.6 Å². The van der Waals surface area contributed by atoms with Gasteiger partial charge >= 0.3 is 0 Å². The molecule has 2 aromatic carbocycles. The van der Waals surface area contributed by atoms with Gasteiger partial charge in [-0.3, -0.25) is 0 Å². The third-order valence-corrected chi connectivity index (χ3v) is 8.60. The van der Waals surface area contributed by atoms with E-state index < -0.39 is 0 Å². The van der Waals surface area contributed by atoms with Crippen molar-refractivity contribution in [1.82, 2.24) is 0 Å². The lowest BCUT2D eigenvalue weighted by Crippen LogP contribution is -2.17. The van der Waals surface area contributed by atoms with Crippen LogP contribution < -0.4 is 0 Å². The molecular formula is C39H56O4. The van der Waals surface area contributed by atoms with Gasteiger partial charge in [-0.15, -0.1) is 6.58 Å². The first-order chi connectivity index (χ1) is 20.5. The largest absolute Gasteiger partial charge is 0.508 e. The first-order valence-corrected chi connectivity index (χ1v) is 16.1. The molecule has 0 bridgehead atoms. The van der Waals surface area contributed by atoms with Crippen LogP contribution >= 0.6 is 0 Å². The molecule has 236 valence electrons. The molecule has 4 heteroatoms. The zero-order chi connectivity index (χ0) is 32.1. The number of phenolic OH excluding ortho intramolecular Hbond substituents is 4. The highest BCUT2D eigenvalue weighted by Crippen LogP contribution is 2.45. The van der Waals surface area contributed by atoms with Gasteiger partial charge in [0.15, 0.2) is 0 Å². The molecule has 0 aliphatic heterocycles. The minimum atomic E-state index is 0.113. The van der Waals surface area contributed by atoms with Gasteiger partial charge in [0.05, 0.1) is 0 Å². The van der Waals surface area contributed by atoms with Gasteiger partial charge in [-0.1, -0.05) is 68.2 Å². The normalized spacial score (nSPS) is 19.5. The van der Waals surface area contributed by atoms with Gasteiger partial charge in [0.25, 0.3) is 0 Å². The lowest BCUT2D eigenvalue weighted by molar-refractivity contribution is 0.424. The third kappa shape index (κ3) is 10.4. The molecule has 0 radical (unpaired) electrons. The first kappa shape index (κ1) is 35.8. The van der Waals surface area contributed by atoms with Crippen LogP contribution in [0.2, 0.25) is 0 Å². The Morgan fingerprint density at radius 1 is 0.884 bits per heavy atom. The van der Waals surface area contributed by atoms with Gasteiger partial charge in [0, 0.05) is 29.0 Å². The minimum absolute atomic E-state index is 0.113. The topological polar surface area (TPSA) is 80.9 Å². The maximum atomic E-state index is 10.4.